The number of carbonyl (C=O) groups is 2. The molecule has 0 atom stereocenters. The van der Waals surface area contributed by atoms with Crippen LogP contribution in [0.25, 0.3) is 11.1 Å². The third kappa shape index (κ3) is 4.68. The van der Waals surface area contributed by atoms with Gasteiger partial charge >= 0.3 is 0 Å². The molecule has 1 N–H and O–H groups in total. The minimum atomic E-state index is -0.420. The Morgan fingerprint density at radius 2 is 1.71 bits per heavy atom. The van der Waals surface area contributed by atoms with Crippen molar-refractivity contribution < 1.29 is 20.5 Å². The van der Waals surface area contributed by atoms with Gasteiger partial charge in [-0.1, -0.05) is 50.2 Å². The van der Waals surface area contributed by atoms with Crippen molar-refractivity contribution in [3.8, 4) is 22.6 Å². The Balaban J connectivity index is 0.00000304. The molecular weight excluding hydrogens is 438 g/mol. The SMILES string of the molecule is Cc1ccc(CC(=O)C2(c3ccc4c(c3)OCO4)CC2)cc1-c1ccc(C(=O)NCC(C)C)cc1.[HH]. The standard InChI is InChI=1S/C30H31NO4.H2/c1-19(2)17-31-29(33)23-8-6-22(7-9-23)25-14-21(5-4-20(25)3)15-28(32)30(12-13-30)24-10-11-26-27(16-24)35-18-34-26;/h4-11,14,16,19H,12-13,15,17-18H2,1-3H3,(H,31,33);1H. The van der Waals surface area contributed by atoms with Gasteiger partial charge in [0.1, 0.15) is 5.78 Å². The number of amides is 1. The summed E-state index contributed by atoms with van der Waals surface area (Å²) in [6.07, 6.45) is 2.12. The number of ether oxygens (including phenoxy) is 2. The Hall–Kier alpha value is -3.60. The molecule has 2 aliphatic rings. The van der Waals surface area contributed by atoms with E-state index in [0.29, 0.717) is 24.4 Å². The highest BCUT2D eigenvalue weighted by atomic mass is 16.7. The van der Waals surface area contributed by atoms with Gasteiger partial charge in [0.25, 0.3) is 5.91 Å². The van der Waals surface area contributed by atoms with Crippen molar-refractivity contribution >= 4 is 11.7 Å². The van der Waals surface area contributed by atoms with Gasteiger partial charge in [-0.05, 0) is 77.8 Å². The van der Waals surface area contributed by atoms with E-state index in [1.807, 2.05) is 48.5 Å². The molecule has 0 unspecified atom stereocenters. The number of Topliss-reactive ketones (excluding diaryl/α,β-unsaturated/α-hetero) is 1. The van der Waals surface area contributed by atoms with Crippen molar-refractivity contribution in [1.29, 1.82) is 0 Å². The average Bonchev–Trinajstić information content (AvgIpc) is 3.54. The number of carbonyl (C=O) groups excluding carboxylic acids is 2. The van der Waals surface area contributed by atoms with Crippen LogP contribution < -0.4 is 14.8 Å². The van der Waals surface area contributed by atoms with Crippen molar-refractivity contribution in [2.45, 2.75) is 45.4 Å². The molecule has 3 aromatic carbocycles. The Morgan fingerprint density at radius 3 is 2.43 bits per heavy atom. The fourth-order valence-corrected chi connectivity index (χ4v) is 4.69. The zero-order chi connectivity index (χ0) is 24.6. The second-order valence-corrected chi connectivity index (χ2v) is 10.1. The fraction of sp³-hybridized carbons (Fsp3) is 0.333. The van der Waals surface area contributed by atoms with E-state index in [0.717, 1.165) is 52.2 Å². The molecule has 5 heteroatoms. The first-order valence-corrected chi connectivity index (χ1v) is 12.3. The van der Waals surface area contributed by atoms with Crippen LogP contribution in [-0.4, -0.2) is 25.0 Å². The second-order valence-electron chi connectivity index (χ2n) is 10.1. The summed E-state index contributed by atoms with van der Waals surface area (Å²) in [5.41, 5.74) is 5.50. The van der Waals surface area contributed by atoms with E-state index < -0.39 is 5.41 Å². The summed E-state index contributed by atoms with van der Waals surface area (Å²) in [4.78, 5) is 25.8. The zero-order valence-corrected chi connectivity index (χ0v) is 20.5. The number of benzene rings is 3. The highest BCUT2D eigenvalue weighted by molar-refractivity contribution is 5.95. The van der Waals surface area contributed by atoms with E-state index in [1.165, 1.54) is 0 Å². The first kappa shape index (κ1) is 23.2. The van der Waals surface area contributed by atoms with Crippen LogP contribution in [0, 0.1) is 12.8 Å². The average molecular weight is 472 g/mol. The normalized spacial score (nSPS) is 15.2. The molecule has 5 rings (SSSR count). The molecule has 0 bridgehead atoms. The summed E-state index contributed by atoms with van der Waals surface area (Å²) in [6, 6.07) is 19.8. The molecule has 1 amide bonds. The lowest BCUT2D eigenvalue weighted by molar-refractivity contribution is -0.120. The van der Waals surface area contributed by atoms with Crippen LogP contribution in [0.4, 0.5) is 0 Å². The maximum absolute atomic E-state index is 13.4. The van der Waals surface area contributed by atoms with E-state index in [2.05, 4.69) is 38.2 Å². The highest BCUT2D eigenvalue weighted by Gasteiger charge is 2.50. The number of nitrogens with one attached hydrogen (secondary N) is 1. The second kappa shape index (κ2) is 9.21. The van der Waals surface area contributed by atoms with E-state index in [4.69, 9.17) is 9.47 Å². The van der Waals surface area contributed by atoms with Crippen LogP contribution in [0.3, 0.4) is 0 Å². The summed E-state index contributed by atoms with van der Waals surface area (Å²) in [7, 11) is 0. The molecule has 182 valence electrons. The van der Waals surface area contributed by atoms with Crippen LogP contribution in [0.5, 0.6) is 11.5 Å². The van der Waals surface area contributed by atoms with Crippen molar-refractivity contribution in [1.82, 2.24) is 5.32 Å². The van der Waals surface area contributed by atoms with Crippen molar-refractivity contribution in [3.63, 3.8) is 0 Å². The van der Waals surface area contributed by atoms with Crippen molar-refractivity contribution in [3.05, 3.63) is 82.9 Å². The Kier molecular flexibility index (Phi) is 6.10. The van der Waals surface area contributed by atoms with Gasteiger partial charge in [-0.25, -0.2) is 0 Å². The quantitative estimate of drug-likeness (QED) is 0.447. The maximum atomic E-state index is 13.4. The van der Waals surface area contributed by atoms with Gasteiger partial charge < -0.3 is 14.8 Å². The number of hydrogen-bond donors (Lipinski definition) is 1. The number of fused-ring (bicyclic) bond motifs is 1. The lowest BCUT2D eigenvalue weighted by Gasteiger charge is -2.16. The smallest absolute Gasteiger partial charge is 0.251 e. The summed E-state index contributed by atoms with van der Waals surface area (Å²) in [5, 5.41) is 2.96. The Bertz CT molecular complexity index is 1280. The molecule has 1 aliphatic carbocycles. The third-order valence-electron chi connectivity index (χ3n) is 7.00. The molecule has 1 saturated carbocycles. The van der Waals surface area contributed by atoms with Crippen LogP contribution in [0.15, 0.2) is 60.7 Å². The fourth-order valence-electron chi connectivity index (χ4n) is 4.69. The van der Waals surface area contributed by atoms with Crippen molar-refractivity contribution in [2.75, 3.05) is 13.3 Å². The van der Waals surface area contributed by atoms with Gasteiger partial charge in [0.2, 0.25) is 6.79 Å². The predicted molar refractivity (Wildman–Crippen MR) is 138 cm³/mol. The Morgan fingerprint density at radius 1 is 0.971 bits per heavy atom. The van der Waals surface area contributed by atoms with Gasteiger partial charge in [-0.3, -0.25) is 9.59 Å². The topological polar surface area (TPSA) is 64.6 Å². The molecule has 0 spiro atoms. The van der Waals surface area contributed by atoms with Crippen LogP contribution in [0.2, 0.25) is 0 Å². The van der Waals surface area contributed by atoms with Crippen molar-refractivity contribution in [2.24, 2.45) is 5.92 Å². The van der Waals surface area contributed by atoms with Gasteiger partial charge in [-0.15, -0.1) is 0 Å². The monoisotopic (exact) mass is 471 g/mol. The van der Waals surface area contributed by atoms with E-state index >= 15 is 0 Å². The minimum Gasteiger partial charge on any atom is -0.454 e. The van der Waals surface area contributed by atoms with Gasteiger partial charge in [-0.2, -0.15) is 0 Å². The van der Waals surface area contributed by atoms with E-state index in [1.54, 1.807) is 0 Å². The summed E-state index contributed by atoms with van der Waals surface area (Å²) in [5.74, 6) is 2.05. The Labute approximate surface area is 207 Å². The van der Waals surface area contributed by atoms with Crippen LogP contribution >= 0.6 is 0 Å². The van der Waals surface area contributed by atoms with Gasteiger partial charge in [0.15, 0.2) is 11.5 Å². The van der Waals surface area contributed by atoms with Crippen LogP contribution in [0.1, 0.15) is 55.2 Å². The molecule has 5 nitrogen and oxygen atoms in total. The highest BCUT2D eigenvalue weighted by Crippen LogP contribution is 2.51. The lowest BCUT2D eigenvalue weighted by Crippen LogP contribution is -2.27. The molecule has 1 heterocycles. The molecule has 3 aromatic rings. The molecule has 0 aromatic heterocycles. The third-order valence-corrected chi connectivity index (χ3v) is 7.00. The molecular formula is C30H33NO4. The van der Waals surface area contributed by atoms with Gasteiger partial charge in [0, 0.05) is 20.0 Å². The number of aryl methyl sites for hydroxylation is 1. The molecule has 35 heavy (non-hydrogen) atoms. The largest absolute Gasteiger partial charge is 0.454 e. The lowest BCUT2D eigenvalue weighted by atomic mass is 9.87. The molecule has 1 aliphatic heterocycles. The molecule has 1 fully saturated rings. The number of hydrogen-bond acceptors (Lipinski definition) is 4. The summed E-state index contributed by atoms with van der Waals surface area (Å²) >= 11 is 0. The minimum absolute atomic E-state index is 0. The molecule has 0 radical (unpaired) electrons. The van der Waals surface area contributed by atoms with E-state index in [9.17, 15) is 9.59 Å². The summed E-state index contributed by atoms with van der Waals surface area (Å²) < 4.78 is 10.9. The molecule has 0 saturated heterocycles. The summed E-state index contributed by atoms with van der Waals surface area (Å²) in [6.45, 7) is 7.10. The number of ketones is 1. The first-order valence-electron chi connectivity index (χ1n) is 12.3. The maximum Gasteiger partial charge on any atom is 0.251 e. The predicted octanol–water partition coefficient (Wildman–Crippen LogP) is 5.87. The van der Waals surface area contributed by atoms with Gasteiger partial charge in [0.05, 0.1) is 5.41 Å². The van der Waals surface area contributed by atoms with E-state index in [-0.39, 0.29) is 19.9 Å². The number of rotatable bonds is 8. The zero-order valence-electron chi connectivity index (χ0n) is 20.5. The van der Waals surface area contributed by atoms with Crippen LogP contribution in [-0.2, 0) is 16.6 Å². The first-order chi connectivity index (χ1) is 16.9.